The van der Waals surface area contributed by atoms with Gasteiger partial charge in [-0.05, 0) is 35.9 Å². The number of Topliss-reactive ketones (excluding diaryl/α,β-unsaturated/α-hetero) is 1. The fourth-order valence-electron chi connectivity index (χ4n) is 3.72. The summed E-state index contributed by atoms with van der Waals surface area (Å²) < 4.78 is 33.9. The molecule has 1 atom stereocenters. The lowest BCUT2D eigenvalue weighted by molar-refractivity contribution is -0.140. The molecule has 1 amide bonds. The molecule has 2 aromatic carbocycles. The molecule has 0 spiro atoms. The minimum Gasteiger partial charge on any atom is -0.507 e. The average Bonchev–Trinajstić information content (AvgIpc) is 3.04. The Balaban J connectivity index is 1.89. The van der Waals surface area contributed by atoms with Gasteiger partial charge < -0.3 is 14.7 Å². The number of pyridine rings is 1. The van der Waals surface area contributed by atoms with Gasteiger partial charge >= 0.3 is 0 Å². The van der Waals surface area contributed by atoms with Crippen molar-refractivity contribution in [3.8, 4) is 5.75 Å². The molecule has 1 aliphatic rings. The zero-order valence-corrected chi connectivity index (χ0v) is 17.0. The Morgan fingerprint density at radius 1 is 1.09 bits per heavy atom. The number of nitrogens with zero attached hydrogens (tertiary/aromatic N) is 2. The van der Waals surface area contributed by atoms with Crippen LogP contribution in [-0.2, 0) is 16.1 Å². The number of rotatable bonds is 5. The Bertz CT molecular complexity index is 1230. The largest absolute Gasteiger partial charge is 0.507 e. The third-order valence-corrected chi connectivity index (χ3v) is 5.24. The first kappa shape index (κ1) is 21.2. The third kappa shape index (κ3) is 3.71. The summed E-state index contributed by atoms with van der Waals surface area (Å²) in [4.78, 5) is 31.0. The van der Waals surface area contributed by atoms with Gasteiger partial charge in [0.25, 0.3) is 11.7 Å². The van der Waals surface area contributed by atoms with Crippen LogP contribution in [0.15, 0.2) is 72.6 Å². The molecule has 0 saturated carbocycles. The highest BCUT2D eigenvalue weighted by Crippen LogP contribution is 2.41. The number of benzene rings is 2. The number of amides is 1. The highest BCUT2D eigenvalue weighted by atomic mass is 19.1. The number of hydrogen-bond donors (Lipinski definition) is 1. The monoisotopic (exact) mass is 436 g/mol. The van der Waals surface area contributed by atoms with Crippen LogP contribution in [0.25, 0.3) is 5.76 Å². The van der Waals surface area contributed by atoms with Crippen LogP contribution in [0, 0.1) is 11.6 Å². The summed E-state index contributed by atoms with van der Waals surface area (Å²) in [7, 11) is 1.29. The highest BCUT2D eigenvalue weighted by molar-refractivity contribution is 6.46. The van der Waals surface area contributed by atoms with Crippen molar-refractivity contribution >= 4 is 17.4 Å². The van der Waals surface area contributed by atoms with E-state index in [1.54, 1.807) is 24.4 Å². The molecular weight excluding hydrogens is 418 g/mol. The summed E-state index contributed by atoms with van der Waals surface area (Å²) in [6.45, 7) is -0.0365. The van der Waals surface area contributed by atoms with Crippen LogP contribution in [-0.4, -0.2) is 33.8 Å². The van der Waals surface area contributed by atoms with Gasteiger partial charge in [-0.3, -0.25) is 14.6 Å². The Hall–Kier alpha value is -4.07. The van der Waals surface area contributed by atoms with Crippen LogP contribution >= 0.6 is 0 Å². The van der Waals surface area contributed by atoms with Crippen LogP contribution in [0.4, 0.5) is 8.78 Å². The van der Waals surface area contributed by atoms with Crippen molar-refractivity contribution in [1.82, 2.24) is 9.88 Å². The fourth-order valence-corrected chi connectivity index (χ4v) is 3.72. The van der Waals surface area contributed by atoms with E-state index in [2.05, 4.69) is 4.98 Å². The summed E-state index contributed by atoms with van der Waals surface area (Å²) in [6.07, 6.45) is 3.08. The Morgan fingerprint density at radius 3 is 2.53 bits per heavy atom. The number of methoxy groups -OCH3 is 1. The van der Waals surface area contributed by atoms with Crippen molar-refractivity contribution in [2.75, 3.05) is 7.11 Å². The topological polar surface area (TPSA) is 79.7 Å². The molecule has 6 nitrogen and oxygen atoms in total. The van der Waals surface area contributed by atoms with Crippen molar-refractivity contribution < 1.29 is 28.2 Å². The van der Waals surface area contributed by atoms with Crippen LogP contribution < -0.4 is 4.74 Å². The quantitative estimate of drug-likeness (QED) is 0.372. The smallest absolute Gasteiger partial charge is 0.295 e. The molecule has 4 rings (SSSR count). The Kier molecular flexibility index (Phi) is 5.68. The van der Waals surface area contributed by atoms with Gasteiger partial charge in [0.15, 0.2) is 11.6 Å². The summed E-state index contributed by atoms with van der Waals surface area (Å²) in [5, 5.41) is 10.9. The molecule has 3 aromatic rings. The van der Waals surface area contributed by atoms with E-state index in [9.17, 15) is 23.5 Å². The van der Waals surface area contributed by atoms with E-state index in [4.69, 9.17) is 4.74 Å². The summed E-state index contributed by atoms with van der Waals surface area (Å²) in [6, 6.07) is 11.5. The molecule has 32 heavy (non-hydrogen) atoms. The second kappa shape index (κ2) is 8.58. The summed E-state index contributed by atoms with van der Waals surface area (Å²) in [5.74, 6) is -3.96. The molecule has 1 aromatic heterocycles. The van der Waals surface area contributed by atoms with E-state index in [0.29, 0.717) is 5.56 Å². The van der Waals surface area contributed by atoms with Gasteiger partial charge in [0.1, 0.15) is 11.6 Å². The van der Waals surface area contributed by atoms with Crippen LogP contribution in [0.5, 0.6) is 5.75 Å². The van der Waals surface area contributed by atoms with E-state index in [0.717, 1.165) is 6.07 Å². The number of ketones is 1. The minimum atomic E-state index is -1.21. The predicted molar refractivity (Wildman–Crippen MR) is 111 cm³/mol. The average molecular weight is 436 g/mol. The molecule has 162 valence electrons. The number of hydrogen-bond acceptors (Lipinski definition) is 5. The van der Waals surface area contributed by atoms with Crippen LogP contribution in [0.3, 0.4) is 0 Å². The summed E-state index contributed by atoms with van der Waals surface area (Å²) >= 11 is 0. The number of aliphatic hydroxyl groups is 1. The number of ether oxygens (including phenoxy) is 1. The first-order valence-corrected chi connectivity index (χ1v) is 9.68. The first-order valence-electron chi connectivity index (χ1n) is 9.68. The minimum absolute atomic E-state index is 0.0334. The zero-order valence-electron chi connectivity index (χ0n) is 17.0. The molecule has 0 bridgehead atoms. The molecular formula is C24H18F2N2O4. The molecule has 1 aliphatic heterocycles. The van der Waals surface area contributed by atoms with Gasteiger partial charge in [0.2, 0.25) is 0 Å². The molecule has 1 N–H and O–H groups in total. The molecule has 1 saturated heterocycles. The molecule has 1 fully saturated rings. The number of halogens is 2. The second-order valence-corrected chi connectivity index (χ2v) is 7.16. The van der Waals surface area contributed by atoms with Crippen molar-refractivity contribution in [3.63, 3.8) is 0 Å². The predicted octanol–water partition coefficient (Wildman–Crippen LogP) is 3.99. The van der Waals surface area contributed by atoms with Crippen molar-refractivity contribution in [3.05, 3.63) is 101 Å². The standard InChI is InChI=1S/C24H18F2N2O4/c1-32-19-9-8-15(11-18(19)26)22(29)20-21(16-6-2-3-7-17(16)25)28(24(31)23(20)30)13-14-5-4-10-27-12-14/h2-12,21,29H,13H2,1H3/b22-20+. The number of aliphatic hydroxyl groups excluding tert-OH is 1. The number of likely N-dealkylation sites (tertiary alicyclic amines) is 1. The highest BCUT2D eigenvalue weighted by Gasteiger charge is 2.47. The van der Waals surface area contributed by atoms with E-state index >= 15 is 0 Å². The van der Waals surface area contributed by atoms with Crippen molar-refractivity contribution in [1.29, 1.82) is 0 Å². The zero-order chi connectivity index (χ0) is 22.8. The summed E-state index contributed by atoms with van der Waals surface area (Å²) in [5.41, 5.74) is 0.287. The molecule has 2 heterocycles. The SMILES string of the molecule is COc1ccc(/C(O)=C2\C(=O)C(=O)N(Cc3cccnc3)C2c2ccccc2F)cc1F. The Morgan fingerprint density at radius 2 is 1.88 bits per heavy atom. The number of carbonyl (C=O) groups excluding carboxylic acids is 2. The molecule has 0 radical (unpaired) electrons. The van der Waals surface area contributed by atoms with Crippen molar-refractivity contribution in [2.45, 2.75) is 12.6 Å². The van der Waals surface area contributed by atoms with Gasteiger partial charge in [-0.25, -0.2) is 8.78 Å². The molecule has 1 unspecified atom stereocenters. The maximum absolute atomic E-state index is 14.8. The number of aromatic nitrogens is 1. The maximum atomic E-state index is 14.8. The van der Waals surface area contributed by atoms with E-state index in [-0.39, 0.29) is 29.0 Å². The van der Waals surface area contributed by atoms with Gasteiger partial charge in [-0.2, -0.15) is 0 Å². The van der Waals surface area contributed by atoms with Gasteiger partial charge in [0.05, 0.1) is 18.7 Å². The Labute approximate surface area is 182 Å². The lowest BCUT2D eigenvalue weighted by Crippen LogP contribution is -2.29. The maximum Gasteiger partial charge on any atom is 0.295 e. The van der Waals surface area contributed by atoms with Crippen molar-refractivity contribution in [2.24, 2.45) is 0 Å². The van der Waals surface area contributed by atoms with Gasteiger partial charge in [0, 0.05) is 30.1 Å². The van der Waals surface area contributed by atoms with Crippen LogP contribution in [0.1, 0.15) is 22.7 Å². The van der Waals surface area contributed by atoms with E-state index in [1.807, 2.05) is 0 Å². The normalized spacial score (nSPS) is 17.6. The van der Waals surface area contributed by atoms with Gasteiger partial charge in [-0.15, -0.1) is 0 Å². The number of carbonyl (C=O) groups is 2. The van der Waals surface area contributed by atoms with Crippen LogP contribution in [0.2, 0.25) is 0 Å². The lowest BCUT2D eigenvalue weighted by atomic mass is 9.94. The lowest BCUT2D eigenvalue weighted by Gasteiger charge is -2.25. The molecule has 0 aliphatic carbocycles. The van der Waals surface area contributed by atoms with E-state index in [1.165, 1.54) is 48.5 Å². The van der Waals surface area contributed by atoms with E-state index < -0.39 is 35.1 Å². The fraction of sp³-hybridized carbons (Fsp3) is 0.125. The van der Waals surface area contributed by atoms with Gasteiger partial charge in [-0.1, -0.05) is 24.3 Å². The second-order valence-electron chi connectivity index (χ2n) is 7.16. The first-order chi connectivity index (χ1) is 15.4. The molecule has 8 heteroatoms. The third-order valence-electron chi connectivity index (χ3n) is 5.24.